The van der Waals surface area contributed by atoms with Gasteiger partial charge in [0.15, 0.2) is 0 Å². The lowest BCUT2D eigenvalue weighted by atomic mass is 10.1. The average molecular weight is 272 g/mol. The van der Waals surface area contributed by atoms with E-state index < -0.39 is 11.9 Å². The average Bonchev–Trinajstić information content (AvgIpc) is 2.77. The van der Waals surface area contributed by atoms with E-state index in [1.165, 1.54) is 0 Å². The van der Waals surface area contributed by atoms with Crippen molar-refractivity contribution in [1.29, 1.82) is 0 Å². The Morgan fingerprint density at radius 2 is 2.22 bits per heavy atom. The molecule has 0 aromatic carbocycles. The summed E-state index contributed by atoms with van der Waals surface area (Å²) in [4.78, 5) is 22.3. The van der Waals surface area contributed by atoms with Crippen LogP contribution in [-0.4, -0.2) is 41.2 Å². The third-order valence-electron chi connectivity index (χ3n) is 2.96. The lowest BCUT2D eigenvalue weighted by Crippen LogP contribution is -2.41. The highest BCUT2D eigenvalue weighted by molar-refractivity contribution is 7.99. The number of urea groups is 1. The van der Waals surface area contributed by atoms with Gasteiger partial charge in [0.1, 0.15) is 0 Å². The van der Waals surface area contributed by atoms with E-state index in [4.69, 9.17) is 5.11 Å². The second-order valence-electron chi connectivity index (χ2n) is 4.41. The summed E-state index contributed by atoms with van der Waals surface area (Å²) in [5.41, 5.74) is 0. The molecular weight excluding hydrogens is 252 g/mol. The van der Waals surface area contributed by atoms with Crippen molar-refractivity contribution in [2.45, 2.75) is 31.1 Å². The molecule has 0 fully saturated rings. The van der Waals surface area contributed by atoms with Crippen LogP contribution in [0.3, 0.4) is 0 Å². The maximum Gasteiger partial charge on any atom is 0.315 e. The van der Waals surface area contributed by atoms with Crippen molar-refractivity contribution in [2.24, 2.45) is 5.92 Å². The molecule has 18 heavy (non-hydrogen) atoms. The van der Waals surface area contributed by atoms with E-state index >= 15 is 0 Å². The molecule has 6 heteroatoms. The summed E-state index contributed by atoms with van der Waals surface area (Å²) in [6.07, 6.45) is 6.77. The van der Waals surface area contributed by atoms with Crippen LogP contribution in [0, 0.1) is 5.92 Å². The molecule has 1 rings (SSSR count). The smallest absolute Gasteiger partial charge is 0.315 e. The minimum Gasteiger partial charge on any atom is -0.481 e. The van der Waals surface area contributed by atoms with Crippen LogP contribution in [0.2, 0.25) is 0 Å². The van der Waals surface area contributed by atoms with Gasteiger partial charge in [-0.3, -0.25) is 4.79 Å². The summed E-state index contributed by atoms with van der Waals surface area (Å²) in [5.74, 6) is -1.32. The Morgan fingerprint density at radius 3 is 2.78 bits per heavy atom. The summed E-state index contributed by atoms with van der Waals surface area (Å²) in [5, 5.41) is 14.9. The number of amides is 2. The van der Waals surface area contributed by atoms with Gasteiger partial charge in [0.25, 0.3) is 0 Å². The molecule has 0 aromatic rings. The second-order valence-corrected chi connectivity index (χ2v) is 5.68. The third-order valence-corrected chi connectivity index (χ3v) is 4.00. The second kappa shape index (κ2) is 7.31. The molecule has 5 nitrogen and oxygen atoms in total. The van der Waals surface area contributed by atoms with Crippen molar-refractivity contribution in [3.8, 4) is 0 Å². The van der Waals surface area contributed by atoms with E-state index in [1.807, 2.05) is 6.26 Å². The molecule has 3 N–H and O–H groups in total. The number of nitrogens with one attached hydrogen (secondary N) is 2. The first kappa shape index (κ1) is 14.9. The normalized spacial score (nSPS) is 23.7. The molecule has 0 spiro atoms. The van der Waals surface area contributed by atoms with Gasteiger partial charge in [0, 0.05) is 11.8 Å². The molecule has 0 aromatic heterocycles. The predicted molar refractivity (Wildman–Crippen MR) is 72.8 cm³/mol. The number of thioether (sulfide) groups is 1. The Kier molecular flexibility index (Phi) is 6.04. The van der Waals surface area contributed by atoms with Crippen LogP contribution < -0.4 is 10.6 Å². The maximum atomic E-state index is 11.5. The largest absolute Gasteiger partial charge is 0.481 e. The Hall–Kier alpha value is -1.17. The SMILES string of the molecule is CSC(C)CCNC(=O)NC1C=CC(C(=O)O)C1. The topological polar surface area (TPSA) is 78.4 Å². The monoisotopic (exact) mass is 272 g/mol. The number of carbonyl (C=O) groups is 2. The molecule has 0 radical (unpaired) electrons. The van der Waals surface area contributed by atoms with E-state index in [2.05, 4.69) is 17.6 Å². The molecule has 2 amide bonds. The van der Waals surface area contributed by atoms with E-state index in [-0.39, 0.29) is 12.1 Å². The molecular formula is C12H20N2O3S. The van der Waals surface area contributed by atoms with Gasteiger partial charge >= 0.3 is 12.0 Å². The van der Waals surface area contributed by atoms with Crippen LogP contribution in [0.5, 0.6) is 0 Å². The van der Waals surface area contributed by atoms with E-state index in [0.29, 0.717) is 18.2 Å². The molecule has 1 aliphatic rings. The van der Waals surface area contributed by atoms with Gasteiger partial charge in [-0.15, -0.1) is 0 Å². The van der Waals surface area contributed by atoms with Crippen molar-refractivity contribution >= 4 is 23.8 Å². The van der Waals surface area contributed by atoms with E-state index in [1.54, 1.807) is 23.9 Å². The molecule has 0 aliphatic heterocycles. The summed E-state index contributed by atoms with van der Waals surface area (Å²) in [7, 11) is 0. The van der Waals surface area contributed by atoms with Gasteiger partial charge in [0.2, 0.25) is 0 Å². The highest BCUT2D eigenvalue weighted by Crippen LogP contribution is 2.17. The van der Waals surface area contributed by atoms with Crippen LogP contribution in [0.15, 0.2) is 12.2 Å². The van der Waals surface area contributed by atoms with Crippen LogP contribution in [-0.2, 0) is 4.79 Å². The van der Waals surface area contributed by atoms with Crippen molar-refractivity contribution < 1.29 is 14.7 Å². The van der Waals surface area contributed by atoms with Gasteiger partial charge in [-0.1, -0.05) is 19.1 Å². The fraction of sp³-hybridized carbons (Fsp3) is 0.667. The standard InChI is InChI=1S/C12H20N2O3S/c1-8(18-2)5-6-13-12(17)14-10-4-3-9(7-10)11(15)16/h3-4,8-10H,5-7H2,1-2H3,(H,15,16)(H2,13,14,17). The minimum absolute atomic E-state index is 0.177. The first-order valence-corrected chi connectivity index (χ1v) is 7.30. The zero-order chi connectivity index (χ0) is 13.5. The number of carboxylic acids is 1. The van der Waals surface area contributed by atoms with Gasteiger partial charge in [0.05, 0.1) is 12.0 Å². The van der Waals surface area contributed by atoms with Crippen molar-refractivity contribution in [3.63, 3.8) is 0 Å². The summed E-state index contributed by atoms with van der Waals surface area (Å²) in [6.45, 7) is 2.74. The molecule has 1 aliphatic carbocycles. The van der Waals surface area contributed by atoms with Crippen molar-refractivity contribution in [2.75, 3.05) is 12.8 Å². The zero-order valence-corrected chi connectivity index (χ0v) is 11.5. The first-order chi connectivity index (χ1) is 8.52. The van der Waals surface area contributed by atoms with Gasteiger partial charge in [-0.25, -0.2) is 4.79 Å². The van der Waals surface area contributed by atoms with Crippen LogP contribution in [0.4, 0.5) is 4.79 Å². The Balaban J connectivity index is 2.18. The number of carboxylic acid groups (broad SMARTS) is 1. The van der Waals surface area contributed by atoms with E-state index in [9.17, 15) is 9.59 Å². The first-order valence-electron chi connectivity index (χ1n) is 6.01. The Labute approximate surface area is 111 Å². The summed E-state index contributed by atoms with van der Waals surface area (Å²) < 4.78 is 0. The molecule has 3 atom stereocenters. The highest BCUT2D eigenvalue weighted by atomic mass is 32.2. The molecule has 102 valence electrons. The van der Waals surface area contributed by atoms with Crippen LogP contribution >= 0.6 is 11.8 Å². The van der Waals surface area contributed by atoms with Gasteiger partial charge < -0.3 is 15.7 Å². The zero-order valence-electron chi connectivity index (χ0n) is 10.7. The molecule has 0 saturated carbocycles. The number of hydrogen-bond acceptors (Lipinski definition) is 3. The lowest BCUT2D eigenvalue weighted by molar-refractivity contribution is -0.140. The molecule has 3 unspecified atom stereocenters. The number of hydrogen-bond donors (Lipinski definition) is 3. The van der Waals surface area contributed by atoms with E-state index in [0.717, 1.165) is 6.42 Å². The van der Waals surface area contributed by atoms with Crippen molar-refractivity contribution in [3.05, 3.63) is 12.2 Å². The molecule has 0 bridgehead atoms. The summed E-state index contributed by atoms with van der Waals surface area (Å²) in [6, 6.07) is -0.409. The fourth-order valence-electron chi connectivity index (χ4n) is 1.72. The maximum absolute atomic E-state index is 11.5. The number of aliphatic carboxylic acids is 1. The quantitative estimate of drug-likeness (QED) is 0.640. The number of rotatable bonds is 6. The molecule has 0 heterocycles. The third kappa shape index (κ3) is 5.00. The lowest BCUT2D eigenvalue weighted by Gasteiger charge is -2.14. The van der Waals surface area contributed by atoms with Gasteiger partial charge in [-0.2, -0.15) is 11.8 Å². The molecule has 0 saturated heterocycles. The number of carbonyl (C=O) groups excluding carboxylic acids is 1. The van der Waals surface area contributed by atoms with Crippen molar-refractivity contribution in [1.82, 2.24) is 10.6 Å². The van der Waals surface area contributed by atoms with Crippen LogP contribution in [0.1, 0.15) is 19.8 Å². The summed E-state index contributed by atoms with van der Waals surface area (Å²) >= 11 is 1.76. The fourth-order valence-corrected chi connectivity index (χ4v) is 2.07. The Bertz CT molecular complexity index is 333. The Morgan fingerprint density at radius 1 is 1.50 bits per heavy atom. The van der Waals surface area contributed by atoms with Crippen LogP contribution in [0.25, 0.3) is 0 Å². The predicted octanol–water partition coefficient (Wildman–Crippen LogP) is 1.46. The van der Waals surface area contributed by atoms with Gasteiger partial charge in [-0.05, 0) is 19.1 Å². The minimum atomic E-state index is -0.843. The highest BCUT2D eigenvalue weighted by Gasteiger charge is 2.25.